The standard InChI is InChI=1S/C21H32N2O4/c1-16-5-6-17(2)20(12-16)27-15-19(24)14-22-7-3-4-18(13-22)21(25)23-8-10-26-11-9-23/h5-6,12,18-19,24H,3-4,7-11,13-15H2,1-2H3. The summed E-state index contributed by atoms with van der Waals surface area (Å²) in [6.45, 7) is 9.15. The molecule has 6 nitrogen and oxygen atoms in total. The number of benzene rings is 1. The smallest absolute Gasteiger partial charge is 0.227 e. The van der Waals surface area contributed by atoms with Gasteiger partial charge in [-0.15, -0.1) is 0 Å². The monoisotopic (exact) mass is 376 g/mol. The normalized spacial score (nSPS) is 22.5. The van der Waals surface area contributed by atoms with E-state index in [1.54, 1.807) is 0 Å². The Kier molecular flexibility index (Phi) is 7.10. The molecule has 2 saturated heterocycles. The van der Waals surface area contributed by atoms with Crippen LogP contribution in [0.15, 0.2) is 18.2 Å². The van der Waals surface area contributed by atoms with E-state index in [2.05, 4.69) is 11.0 Å². The van der Waals surface area contributed by atoms with Crippen LogP contribution in [0.3, 0.4) is 0 Å². The Morgan fingerprint density at radius 1 is 1.30 bits per heavy atom. The van der Waals surface area contributed by atoms with Crippen LogP contribution in [0.25, 0.3) is 0 Å². The van der Waals surface area contributed by atoms with E-state index in [0.717, 1.165) is 42.8 Å². The molecule has 1 aromatic rings. The summed E-state index contributed by atoms with van der Waals surface area (Å²) < 4.78 is 11.2. The number of carbonyl (C=O) groups is 1. The fourth-order valence-electron chi connectivity index (χ4n) is 3.86. The first-order chi connectivity index (χ1) is 13.0. The number of hydrogen-bond donors (Lipinski definition) is 1. The van der Waals surface area contributed by atoms with Crippen LogP contribution in [0.1, 0.15) is 24.0 Å². The maximum absolute atomic E-state index is 12.7. The predicted molar refractivity (Wildman–Crippen MR) is 104 cm³/mol. The molecule has 150 valence electrons. The summed E-state index contributed by atoms with van der Waals surface area (Å²) in [5.41, 5.74) is 2.22. The quantitative estimate of drug-likeness (QED) is 0.817. The van der Waals surface area contributed by atoms with Gasteiger partial charge in [-0.25, -0.2) is 0 Å². The Morgan fingerprint density at radius 2 is 2.07 bits per heavy atom. The third kappa shape index (κ3) is 5.67. The van der Waals surface area contributed by atoms with Crippen LogP contribution in [-0.4, -0.2) is 79.5 Å². The molecule has 0 bridgehead atoms. The number of hydrogen-bond acceptors (Lipinski definition) is 5. The van der Waals surface area contributed by atoms with Crippen molar-refractivity contribution in [3.8, 4) is 5.75 Å². The maximum atomic E-state index is 12.7. The Bertz CT molecular complexity index is 631. The van der Waals surface area contributed by atoms with Crippen molar-refractivity contribution in [1.29, 1.82) is 0 Å². The summed E-state index contributed by atoms with van der Waals surface area (Å²) in [6, 6.07) is 6.08. The van der Waals surface area contributed by atoms with Gasteiger partial charge in [0.2, 0.25) is 5.91 Å². The van der Waals surface area contributed by atoms with E-state index in [1.807, 2.05) is 30.9 Å². The number of carbonyl (C=O) groups excluding carboxylic acids is 1. The lowest BCUT2D eigenvalue weighted by Crippen LogP contribution is -2.49. The number of amides is 1. The largest absolute Gasteiger partial charge is 0.491 e. The zero-order chi connectivity index (χ0) is 19.2. The Labute approximate surface area is 162 Å². The number of aliphatic hydroxyl groups excluding tert-OH is 1. The van der Waals surface area contributed by atoms with Crippen LogP contribution in [-0.2, 0) is 9.53 Å². The second-order valence-corrected chi connectivity index (χ2v) is 7.77. The number of aliphatic hydroxyl groups is 1. The van der Waals surface area contributed by atoms with Gasteiger partial charge in [-0.2, -0.15) is 0 Å². The van der Waals surface area contributed by atoms with Gasteiger partial charge in [-0.05, 0) is 50.4 Å². The van der Waals surface area contributed by atoms with Crippen molar-refractivity contribution in [2.75, 3.05) is 52.5 Å². The third-order valence-corrected chi connectivity index (χ3v) is 5.42. The zero-order valence-corrected chi connectivity index (χ0v) is 16.5. The number of morpholine rings is 1. The third-order valence-electron chi connectivity index (χ3n) is 5.42. The first-order valence-corrected chi connectivity index (χ1v) is 10.00. The number of likely N-dealkylation sites (tertiary alicyclic amines) is 1. The Balaban J connectivity index is 1.46. The van der Waals surface area contributed by atoms with Crippen LogP contribution in [0.5, 0.6) is 5.75 Å². The number of piperidine rings is 1. The van der Waals surface area contributed by atoms with E-state index in [9.17, 15) is 9.90 Å². The number of rotatable bonds is 6. The first-order valence-electron chi connectivity index (χ1n) is 10.00. The van der Waals surface area contributed by atoms with Gasteiger partial charge in [0.1, 0.15) is 18.5 Å². The molecule has 3 rings (SSSR count). The SMILES string of the molecule is Cc1ccc(C)c(OCC(O)CN2CCCC(C(=O)N3CCOCC3)C2)c1. The summed E-state index contributed by atoms with van der Waals surface area (Å²) in [5.74, 6) is 1.10. The minimum Gasteiger partial charge on any atom is -0.491 e. The molecule has 2 heterocycles. The Hall–Kier alpha value is -1.63. The van der Waals surface area contributed by atoms with E-state index in [4.69, 9.17) is 9.47 Å². The van der Waals surface area contributed by atoms with Gasteiger partial charge in [0.25, 0.3) is 0 Å². The predicted octanol–water partition coefficient (Wildman–Crippen LogP) is 1.61. The topological polar surface area (TPSA) is 62.2 Å². The van der Waals surface area contributed by atoms with E-state index >= 15 is 0 Å². The minimum absolute atomic E-state index is 0.0315. The lowest BCUT2D eigenvalue weighted by molar-refractivity contribution is -0.141. The molecule has 0 aromatic heterocycles. The van der Waals surface area contributed by atoms with Crippen molar-refractivity contribution < 1.29 is 19.4 Å². The van der Waals surface area contributed by atoms with E-state index in [1.165, 1.54) is 0 Å². The molecule has 27 heavy (non-hydrogen) atoms. The van der Waals surface area contributed by atoms with Crippen molar-refractivity contribution in [1.82, 2.24) is 9.80 Å². The molecular formula is C21H32N2O4. The van der Waals surface area contributed by atoms with E-state index in [0.29, 0.717) is 32.8 Å². The molecule has 0 spiro atoms. The number of nitrogens with zero attached hydrogens (tertiary/aromatic N) is 2. The summed E-state index contributed by atoms with van der Waals surface area (Å²) in [5, 5.41) is 10.4. The van der Waals surface area contributed by atoms with Gasteiger partial charge in [0.05, 0.1) is 19.1 Å². The maximum Gasteiger partial charge on any atom is 0.227 e. The molecule has 2 unspecified atom stereocenters. The molecule has 2 atom stereocenters. The van der Waals surface area contributed by atoms with Gasteiger partial charge in [-0.1, -0.05) is 12.1 Å². The van der Waals surface area contributed by atoms with Gasteiger partial charge in [-0.3, -0.25) is 9.69 Å². The lowest BCUT2D eigenvalue weighted by Gasteiger charge is -2.36. The highest BCUT2D eigenvalue weighted by atomic mass is 16.5. The highest BCUT2D eigenvalue weighted by molar-refractivity contribution is 5.79. The average molecular weight is 376 g/mol. The van der Waals surface area contributed by atoms with Crippen molar-refractivity contribution >= 4 is 5.91 Å². The second-order valence-electron chi connectivity index (χ2n) is 7.77. The van der Waals surface area contributed by atoms with Crippen molar-refractivity contribution in [2.24, 2.45) is 5.92 Å². The highest BCUT2D eigenvalue weighted by Gasteiger charge is 2.30. The summed E-state index contributed by atoms with van der Waals surface area (Å²) >= 11 is 0. The average Bonchev–Trinajstić information content (AvgIpc) is 2.69. The Morgan fingerprint density at radius 3 is 2.85 bits per heavy atom. The van der Waals surface area contributed by atoms with Crippen LogP contribution < -0.4 is 4.74 Å². The van der Waals surface area contributed by atoms with Crippen LogP contribution >= 0.6 is 0 Å². The number of β-amino-alcohol motifs (C(OH)–C–C–N with tert-alkyl or cyclic N) is 1. The molecule has 6 heteroatoms. The van der Waals surface area contributed by atoms with Gasteiger partial charge in [0, 0.05) is 26.2 Å². The van der Waals surface area contributed by atoms with Crippen molar-refractivity contribution in [3.05, 3.63) is 29.3 Å². The summed E-state index contributed by atoms with van der Waals surface area (Å²) in [7, 11) is 0. The van der Waals surface area contributed by atoms with E-state index in [-0.39, 0.29) is 18.4 Å². The highest BCUT2D eigenvalue weighted by Crippen LogP contribution is 2.21. The van der Waals surface area contributed by atoms with Crippen LogP contribution in [0.2, 0.25) is 0 Å². The first kappa shape index (κ1) is 20.1. The van der Waals surface area contributed by atoms with Crippen molar-refractivity contribution in [2.45, 2.75) is 32.8 Å². The molecule has 2 aliphatic heterocycles. The molecule has 0 radical (unpaired) electrons. The second kappa shape index (κ2) is 9.53. The molecule has 1 N–H and O–H groups in total. The van der Waals surface area contributed by atoms with Gasteiger partial charge < -0.3 is 19.5 Å². The fourth-order valence-corrected chi connectivity index (χ4v) is 3.86. The molecule has 1 amide bonds. The molecular weight excluding hydrogens is 344 g/mol. The van der Waals surface area contributed by atoms with Gasteiger partial charge >= 0.3 is 0 Å². The lowest BCUT2D eigenvalue weighted by atomic mass is 9.96. The molecule has 2 aliphatic rings. The van der Waals surface area contributed by atoms with Gasteiger partial charge in [0.15, 0.2) is 0 Å². The molecule has 0 saturated carbocycles. The summed E-state index contributed by atoms with van der Waals surface area (Å²) in [4.78, 5) is 16.8. The van der Waals surface area contributed by atoms with Crippen LogP contribution in [0.4, 0.5) is 0 Å². The number of ether oxygens (including phenoxy) is 2. The molecule has 0 aliphatic carbocycles. The van der Waals surface area contributed by atoms with Crippen molar-refractivity contribution in [3.63, 3.8) is 0 Å². The zero-order valence-electron chi connectivity index (χ0n) is 16.5. The molecule has 2 fully saturated rings. The summed E-state index contributed by atoms with van der Waals surface area (Å²) in [6.07, 6.45) is 1.36. The fraction of sp³-hybridized carbons (Fsp3) is 0.667. The number of aryl methyl sites for hydroxylation is 2. The minimum atomic E-state index is -0.567. The van der Waals surface area contributed by atoms with E-state index < -0.39 is 6.10 Å². The molecule has 1 aromatic carbocycles. The van der Waals surface area contributed by atoms with Crippen LogP contribution in [0, 0.1) is 19.8 Å².